The van der Waals surface area contributed by atoms with Gasteiger partial charge in [0.25, 0.3) is 5.91 Å². The first-order valence-corrected chi connectivity index (χ1v) is 17.0. The van der Waals surface area contributed by atoms with Gasteiger partial charge in [-0.05, 0) is 80.0 Å². The van der Waals surface area contributed by atoms with E-state index in [1.54, 1.807) is 7.11 Å². The number of para-hydroxylation sites is 1. The number of likely N-dealkylation sites (tertiary alicyclic amines) is 1. The summed E-state index contributed by atoms with van der Waals surface area (Å²) < 4.78 is 10.6. The number of rotatable bonds is 2. The second-order valence-electron chi connectivity index (χ2n) is 13.8. The number of aromatic nitrogens is 4. The standard InChI is InChI=1S/C37H39N7O3/c1-47-31-18-26(37(46)43-21-25-11-12-29(43)33(25)38)16-27-34(31)44-20-22-15-32(45)42(19-22)28-10-3-2-7-23(28)8-4-5-14-41-30(36(44)40-27)17-24-9-6-13-39-35(24)41/h2-3,6-7,9-10,13,16-18,22,25,29,33H,4-5,8,11-12,14-15,19-21,38H2,1H3/t22?,25-,29-,33-/m1/s1. The van der Waals surface area contributed by atoms with Gasteiger partial charge in [-0.3, -0.25) is 9.59 Å². The lowest BCUT2D eigenvalue weighted by Gasteiger charge is -2.27. The van der Waals surface area contributed by atoms with Gasteiger partial charge < -0.3 is 29.4 Å². The molecule has 2 N–H and O–H groups in total. The van der Waals surface area contributed by atoms with Crippen molar-refractivity contribution in [3.63, 3.8) is 0 Å². The van der Waals surface area contributed by atoms with E-state index < -0.39 is 0 Å². The van der Waals surface area contributed by atoms with Gasteiger partial charge in [-0.2, -0.15) is 0 Å². The van der Waals surface area contributed by atoms with Crippen LogP contribution in [0.25, 0.3) is 33.6 Å². The number of hydrogen-bond acceptors (Lipinski definition) is 6. The Morgan fingerprint density at radius 2 is 1.89 bits per heavy atom. The summed E-state index contributed by atoms with van der Waals surface area (Å²) in [6, 6.07) is 18.5. The van der Waals surface area contributed by atoms with E-state index in [0.29, 0.717) is 48.8 Å². The first-order valence-electron chi connectivity index (χ1n) is 17.0. The fourth-order valence-electron chi connectivity index (χ4n) is 8.79. The number of imidazole rings is 1. The van der Waals surface area contributed by atoms with Crippen LogP contribution in [0, 0.1) is 11.8 Å². The predicted octanol–water partition coefficient (Wildman–Crippen LogP) is 5.01. The van der Waals surface area contributed by atoms with Crippen molar-refractivity contribution in [2.45, 2.75) is 63.7 Å². The van der Waals surface area contributed by atoms with Gasteiger partial charge in [-0.15, -0.1) is 0 Å². The maximum Gasteiger partial charge on any atom is 0.254 e. The molecule has 0 spiro atoms. The average molecular weight is 630 g/mol. The first kappa shape index (κ1) is 28.5. The highest BCUT2D eigenvalue weighted by atomic mass is 16.5. The van der Waals surface area contributed by atoms with E-state index in [1.807, 2.05) is 40.3 Å². The van der Waals surface area contributed by atoms with E-state index >= 15 is 0 Å². The second kappa shape index (κ2) is 10.9. The Hall–Kier alpha value is -4.70. The molecule has 240 valence electrons. The Balaban J connectivity index is 1.21. The van der Waals surface area contributed by atoms with E-state index in [1.165, 1.54) is 5.56 Å². The zero-order valence-electron chi connectivity index (χ0n) is 26.6. The van der Waals surface area contributed by atoms with Gasteiger partial charge in [0.2, 0.25) is 5.91 Å². The molecule has 1 aliphatic carbocycles. The van der Waals surface area contributed by atoms with Crippen molar-refractivity contribution in [3.8, 4) is 17.3 Å². The van der Waals surface area contributed by atoms with E-state index in [2.05, 4.69) is 39.5 Å². The number of aryl methyl sites for hydroxylation is 2. The molecule has 2 saturated heterocycles. The molecule has 4 aliphatic rings. The Bertz CT molecular complexity index is 2060. The van der Waals surface area contributed by atoms with Crippen molar-refractivity contribution in [1.82, 2.24) is 24.0 Å². The van der Waals surface area contributed by atoms with Crippen molar-refractivity contribution in [1.29, 1.82) is 0 Å². The van der Waals surface area contributed by atoms with Crippen molar-refractivity contribution in [3.05, 3.63) is 71.9 Å². The SMILES string of the molecule is COc1cc(C(=O)N2C[C@H]3CC[C@@H]2[C@@H]3N)cc2nc3n(c12)CC1CC(=O)N(C1)c1ccccc1CCCCn1c-3cc2cccnc21. The van der Waals surface area contributed by atoms with Crippen LogP contribution >= 0.6 is 0 Å². The molecule has 9 rings (SSSR count). The summed E-state index contributed by atoms with van der Waals surface area (Å²) in [5, 5.41) is 1.06. The number of hydrogen-bond donors (Lipinski definition) is 1. The third-order valence-corrected chi connectivity index (χ3v) is 11.1. The molecule has 3 aliphatic heterocycles. The van der Waals surface area contributed by atoms with Crippen LogP contribution < -0.4 is 15.4 Å². The monoisotopic (exact) mass is 629 g/mol. The van der Waals surface area contributed by atoms with Crippen LogP contribution in [0.3, 0.4) is 0 Å². The van der Waals surface area contributed by atoms with Crippen LogP contribution in [0.1, 0.15) is 48.0 Å². The molecule has 3 fully saturated rings. The minimum Gasteiger partial charge on any atom is -0.494 e. The highest BCUT2D eigenvalue weighted by Crippen LogP contribution is 2.40. The van der Waals surface area contributed by atoms with E-state index in [4.69, 9.17) is 20.4 Å². The topological polar surface area (TPSA) is 112 Å². The maximum atomic E-state index is 14.0. The predicted molar refractivity (Wildman–Crippen MR) is 180 cm³/mol. The molecule has 5 aromatic rings. The minimum atomic E-state index is -0.0173. The molecular weight excluding hydrogens is 590 g/mol. The fourth-order valence-corrected chi connectivity index (χ4v) is 8.79. The summed E-state index contributed by atoms with van der Waals surface area (Å²) in [5.74, 6) is 1.97. The molecule has 4 bridgehead atoms. The molecule has 2 aromatic carbocycles. The number of pyridine rings is 1. The van der Waals surface area contributed by atoms with E-state index in [0.717, 1.165) is 72.4 Å². The molecule has 1 unspecified atom stereocenters. The summed E-state index contributed by atoms with van der Waals surface area (Å²) in [6.07, 6.45) is 7.16. The number of carbonyl (C=O) groups is 2. The number of fused-ring (bicyclic) bond motifs is 13. The lowest BCUT2D eigenvalue weighted by molar-refractivity contribution is -0.117. The highest BCUT2D eigenvalue weighted by molar-refractivity contribution is 6.01. The molecule has 1 saturated carbocycles. The fraction of sp³-hybridized carbons (Fsp3) is 0.405. The Labute approximate surface area is 273 Å². The average Bonchev–Trinajstić information content (AvgIpc) is 3.90. The number of methoxy groups -OCH3 is 1. The van der Waals surface area contributed by atoms with E-state index in [9.17, 15) is 9.59 Å². The smallest absolute Gasteiger partial charge is 0.254 e. The van der Waals surface area contributed by atoms with Crippen molar-refractivity contribution in [2.75, 3.05) is 25.1 Å². The van der Waals surface area contributed by atoms with Gasteiger partial charge in [-0.25, -0.2) is 9.97 Å². The van der Waals surface area contributed by atoms with Crippen LogP contribution in [0.15, 0.2) is 60.8 Å². The number of benzene rings is 2. The maximum absolute atomic E-state index is 14.0. The number of anilines is 1. The summed E-state index contributed by atoms with van der Waals surface area (Å²) in [7, 11) is 1.65. The molecule has 10 nitrogen and oxygen atoms in total. The highest BCUT2D eigenvalue weighted by Gasteiger charge is 2.47. The van der Waals surface area contributed by atoms with Crippen LogP contribution in [-0.2, 0) is 24.3 Å². The van der Waals surface area contributed by atoms with Crippen molar-refractivity contribution in [2.24, 2.45) is 17.6 Å². The Morgan fingerprint density at radius 3 is 2.72 bits per heavy atom. The van der Waals surface area contributed by atoms with Gasteiger partial charge in [0.05, 0.1) is 18.3 Å². The minimum absolute atomic E-state index is 0.0173. The summed E-state index contributed by atoms with van der Waals surface area (Å²) >= 11 is 0. The third kappa shape index (κ3) is 4.48. The number of nitrogens with zero attached hydrogens (tertiary/aromatic N) is 6. The molecular formula is C37H39N7O3. The molecule has 0 radical (unpaired) electrons. The van der Waals surface area contributed by atoms with Crippen LogP contribution in [0.5, 0.6) is 5.75 Å². The number of nitrogens with two attached hydrogens (primary N) is 1. The quantitative estimate of drug-likeness (QED) is 0.294. The normalized spacial score (nSPS) is 24.0. The number of piperidine rings is 1. The molecule has 3 aromatic heterocycles. The van der Waals surface area contributed by atoms with E-state index in [-0.39, 0.29) is 29.8 Å². The van der Waals surface area contributed by atoms with Crippen molar-refractivity contribution >= 4 is 39.6 Å². The summed E-state index contributed by atoms with van der Waals surface area (Å²) in [5.41, 5.74) is 12.7. The zero-order chi connectivity index (χ0) is 31.8. The zero-order valence-corrected chi connectivity index (χ0v) is 26.6. The third-order valence-electron chi connectivity index (χ3n) is 11.1. The van der Waals surface area contributed by atoms with Gasteiger partial charge >= 0.3 is 0 Å². The van der Waals surface area contributed by atoms with Gasteiger partial charge in [0, 0.05) is 73.4 Å². The lowest BCUT2D eigenvalue weighted by atomic mass is 10.0. The molecule has 4 atom stereocenters. The number of amides is 2. The lowest BCUT2D eigenvalue weighted by Crippen LogP contribution is -2.41. The van der Waals surface area contributed by atoms with Crippen molar-refractivity contribution < 1.29 is 14.3 Å². The largest absolute Gasteiger partial charge is 0.494 e. The number of ether oxygens (including phenoxy) is 1. The molecule has 6 heterocycles. The molecule has 47 heavy (non-hydrogen) atoms. The molecule has 2 amide bonds. The molecule has 10 heteroatoms. The number of carbonyl (C=O) groups excluding carboxylic acids is 2. The van der Waals surface area contributed by atoms with Crippen LogP contribution in [0.4, 0.5) is 5.69 Å². The van der Waals surface area contributed by atoms with Gasteiger partial charge in [-0.1, -0.05) is 18.2 Å². The first-order chi connectivity index (χ1) is 23.0. The van der Waals surface area contributed by atoms with Crippen LogP contribution in [0.2, 0.25) is 0 Å². The van der Waals surface area contributed by atoms with Crippen LogP contribution in [-0.4, -0.2) is 68.1 Å². The Morgan fingerprint density at radius 1 is 1.00 bits per heavy atom. The summed E-state index contributed by atoms with van der Waals surface area (Å²) in [4.78, 5) is 41.5. The summed E-state index contributed by atoms with van der Waals surface area (Å²) in [6.45, 7) is 2.70. The van der Waals surface area contributed by atoms with Gasteiger partial charge in [0.1, 0.15) is 16.9 Å². The second-order valence-corrected chi connectivity index (χ2v) is 13.8. The van der Waals surface area contributed by atoms with Gasteiger partial charge in [0.15, 0.2) is 5.82 Å². The Kier molecular flexibility index (Phi) is 6.64.